The van der Waals surface area contributed by atoms with Crippen molar-refractivity contribution in [2.24, 2.45) is 0 Å². The molecule has 0 atom stereocenters. The van der Waals surface area contributed by atoms with Gasteiger partial charge in [-0.15, -0.1) is 0 Å². The molecule has 0 spiro atoms. The fourth-order valence-electron chi connectivity index (χ4n) is 1.54. The van der Waals surface area contributed by atoms with Crippen LogP contribution in [0.1, 0.15) is 11.1 Å². The average molecular weight is 229 g/mol. The minimum atomic E-state index is 0.437. The number of benzene rings is 1. The molecule has 4 heteroatoms. The molecule has 4 nitrogen and oxygen atoms in total. The van der Waals surface area contributed by atoms with Crippen LogP contribution in [0, 0.1) is 13.8 Å². The van der Waals surface area contributed by atoms with Gasteiger partial charge in [0.05, 0.1) is 0 Å². The number of ether oxygens (including phenoxy) is 1. The van der Waals surface area contributed by atoms with Gasteiger partial charge in [0, 0.05) is 18.0 Å². The Morgan fingerprint density at radius 3 is 2.53 bits per heavy atom. The van der Waals surface area contributed by atoms with Gasteiger partial charge in [0.2, 0.25) is 0 Å². The summed E-state index contributed by atoms with van der Waals surface area (Å²) in [5.41, 5.74) is 14.2. The van der Waals surface area contributed by atoms with Gasteiger partial charge in [-0.05, 0) is 43.2 Å². The summed E-state index contributed by atoms with van der Waals surface area (Å²) in [6.07, 6.45) is 1.62. The Kier molecular flexibility index (Phi) is 2.87. The number of hydrogen-bond donors (Lipinski definition) is 2. The molecule has 0 aliphatic rings. The lowest BCUT2D eigenvalue weighted by Crippen LogP contribution is -1.95. The zero-order chi connectivity index (χ0) is 12.4. The van der Waals surface area contributed by atoms with Gasteiger partial charge in [0.25, 0.3) is 0 Å². The topological polar surface area (TPSA) is 74.2 Å². The highest BCUT2D eigenvalue weighted by Gasteiger charge is 2.05. The third-order valence-corrected chi connectivity index (χ3v) is 2.54. The highest BCUT2D eigenvalue weighted by Crippen LogP contribution is 2.29. The Bertz CT molecular complexity index is 552. The predicted octanol–water partition coefficient (Wildman–Crippen LogP) is 2.66. The van der Waals surface area contributed by atoms with E-state index < -0.39 is 0 Å². The van der Waals surface area contributed by atoms with Crippen LogP contribution in [0.4, 0.5) is 11.5 Å². The Labute approximate surface area is 100 Å². The van der Waals surface area contributed by atoms with E-state index >= 15 is 0 Å². The molecule has 0 aliphatic carbocycles. The fourth-order valence-corrected chi connectivity index (χ4v) is 1.54. The van der Waals surface area contributed by atoms with E-state index in [9.17, 15) is 0 Å². The Hall–Kier alpha value is -2.23. The second-order valence-electron chi connectivity index (χ2n) is 3.99. The Morgan fingerprint density at radius 2 is 1.82 bits per heavy atom. The largest absolute Gasteiger partial charge is 0.457 e. The standard InChI is InChI=1S/C13H15N3O/c1-8-6-12(9(2)5-11(8)14)17-10-3-4-16-13(15)7-10/h3-7H,14H2,1-2H3,(H2,15,16). The van der Waals surface area contributed by atoms with Gasteiger partial charge in [-0.2, -0.15) is 0 Å². The van der Waals surface area contributed by atoms with Crippen molar-refractivity contribution in [2.75, 3.05) is 11.5 Å². The number of aryl methyl sites for hydroxylation is 2. The van der Waals surface area contributed by atoms with Gasteiger partial charge in [-0.1, -0.05) is 0 Å². The second kappa shape index (κ2) is 4.33. The van der Waals surface area contributed by atoms with Gasteiger partial charge in [-0.3, -0.25) is 0 Å². The molecule has 4 N–H and O–H groups in total. The first-order valence-corrected chi connectivity index (χ1v) is 5.32. The van der Waals surface area contributed by atoms with Crippen LogP contribution >= 0.6 is 0 Å². The summed E-state index contributed by atoms with van der Waals surface area (Å²) in [6, 6.07) is 7.27. The number of nitrogens with zero attached hydrogens (tertiary/aromatic N) is 1. The van der Waals surface area contributed by atoms with Crippen molar-refractivity contribution in [3.8, 4) is 11.5 Å². The molecule has 0 radical (unpaired) electrons. The third kappa shape index (κ3) is 2.47. The maximum Gasteiger partial charge on any atom is 0.132 e. The van der Waals surface area contributed by atoms with Crippen molar-refractivity contribution in [1.82, 2.24) is 4.98 Å². The van der Waals surface area contributed by atoms with E-state index in [0.717, 1.165) is 22.6 Å². The number of nitrogen functional groups attached to an aromatic ring is 2. The van der Waals surface area contributed by atoms with Gasteiger partial charge < -0.3 is 16.2 Å². The van der Waals surface area contributed by atoms with Crippen LogP contribution < -0.4 is 16.2 Å². The van der Waals surface area contributed by atoms with Crippen LogP contribution in [-0.4, -0.2) is 4.98 Å². The van der Waals surface area contributed by atoms with Crippen molar-refractivity contribution in [3.05, 3.63) is 41.6 Å². The summed E-state index contributed by atoms with van der Waals surface area (Å²) >= 11 is 0. The molecular weight excluding hydrogens is 214 g/mol. The number of rotatable bonds is 2. The summed E-state index contributed by atoms with van der Waals surface area (Å²) < 4.78 is 5.75. The van der Waals surface area contributed by atoms with Crippen LogP contribution in [0.25, 0.3) is 0 Å². The molecule has 1 aromatic heterocycles. The van der Waals surface area contributed by atoms with E-state index in [1.807, 2.05) is 26.0 Å². The van der Waals surface area contributed by atoms with Crippen LogP contribution in [0.5, 0.6) is 11.5 Å². The predicted molar refractivity (Wildman–Crippen MR) is 69.1 cm³/mol. The van der Waals surface area contributed by atoms with E-state index in [2.05, 4.69) is 4.98 Å². The second-order valence-corrected chi connectivity index (χ2v) is 3.99. The van der Waals surface area contributed by atoms with E-state index in [0.29, 0.717) is 11.6 Å². The third-order valence-electron chi connectivity index (χ3n) is 2.54. The molecule has 88 valence electrons. The first kappa shape index (κ1) is 11.3. The Balaban J connectivity index is 2.33. The first-order chi connectivity index (χ1) is 8.06. The lowest BCUT2D eigenvalue weighted by Gasteiger charge is -2.11. The van der Waals surface area contributed by atoms with Gasteiger partial charge in [-0.25, -0.2) is 4.98 Å². The molecule has 2 aromatic rings. The number of anilines is 2. The van der Waals surface area contributed by atoms with Crippen molar-refractivity contribution >= 4 is 11.5 Å². The fraction of sp³-hybridized carbons (Fsp3) is 0.154. The smallest absolute Gasteiger partial charge is 0.132 e. The van der Waals surface area contributed by atoms with Crippen LogP contribution in [-0.2, 0) is 0 Å². The normalized spacial score (nSPS) is 10.2. The van der Waals surface area contributed by atoms with Crippen molar-refractivity contribution < 1.29 is 4.74 Å². The molecule has 0 saturated carbocycles. The highest BCUT2D eigenvalue weighted by molar-refractivity contribution is 5.54. The highest BCUT2D eigenvalue weighted by atomic mass is 16.5. The summed E-state index contributed by atoms with van der Waals surface area (Å²) in [7, 11) is 0. The zero-order valence-corrected chi connectivity index (χ0v) is 9.90. The van der Waals surface area contributed by atoms with Gasteiger partial charge in [0.1, 0.15) is 17.3 Å². The molecule has 0 saturated heterocycles. The van der Waals surface area contributed by atoms with Crippen LogP contribution in [0.2, 0.25) is 0 Å². The molecule has 1 aromatic carbocycles. The SMILES string of the molecule is Cc1cc(Oc2ccnc(N)c2)c(C)cc1N. The number of nitrogens with two attached hydrogens (primary N) is 2. The van der Waals surface area contributed by atoms with E-state index in [-0.39, 0.29) is 0 Å². The van der Waals surface area contributed by atoms with E-state index in [1.54, 1.807) is 18.3 Å². The molecule has 2 rings (SSSR count). The molecule has 17 heavy (non-hydrogen) atoms. The molecule has 1 heterocycles. The zero-order valence-electron chi connectivity index (χ0n) is 9.90. The molecular formula is C13H15N3O. The van der Waals surface area contributed by atoms with Crippen LogP contribution in [0.3, 0.4) is 0 Å². The molecule has 0 aliphatic heterocycles. The minimum absolute atomic E-state index is 0.437. The molecule has 0 amide bonds. The first-order valence-electron chi connectivity index (χ1n) is 5.32. The van der Waals surface area contributed by atoms with E-state index in [4.69, 9.17) is 16.2 Å². The van der Waals surface area contributed by atoms with Crippen molar-refractivity contribution in [1.29, 1.82) is 0 Å². The number of hydrogen-bond acceptors (Lipinski definition) is 4. The van der Waals surface area contributed by atoms with E-state index in [1.165, 1.54) is 0 Å². The Morgan fingerprint density at radius 1 is 1.06 bits per heavy atom. The monoisotopic (exact) mass is 229 g/mol. The summed E-state index contributed by atoms with van der Waals surface area (Å²) in [4.78, 5) is 3.91. The minimum Gasteiger partial charge on any atom is -0.457 e. The van der Waals surface area contributed by atoms with Crippen molar-refractivity contribution in [2.45, 2.75) is 13.8 Å². The summed E-state index contributed by atoms with van der Waals surface area (Å²) in [5.74, 6) is 1.89. The maximum atomic E-state index is 5.82. The lowest BCUT2D eigenvalue weighted by atomic mass is 10.1. The maximum absolute atomic E-state index is 5.82. The van der Waals surface area contributed by atoms with Crippen LogP contribution in [0.15, 0.2) is 30.5 Å². The average Bonchev–Trinajstić information content (AvgIpc) is 2.26. The van der Waals surface area contributed by atoms with Crippen molar-refractivity contribution in [3.63, 3.8) is 0 Å². The quantitative estimate of drug-likeness (QED) is 0.776. The van der Waals surface area contributed by atoms with Gasteiger partial charge in [0.15, 0.2) is 0 Å². The lowest BCUT2D eigenvalue weighted by molar-refractivity contribution is 0.478. The number of aromatic nitrogens is 1. The molecule has 0 bridgehead atoms. The summed E-state index contributed by atoms with van der Waals surface area (Å²) in [6.45, 7) is 3.90. The molecule has 0 unspecified atom stereocenters. The molecule has 0 fully saturated rings. The van der Waals surface area contributed by atoms with Gasteiger partial charge >= 0.3 is 0 Å². The number of pyridine rings is 1. The summed E-state index contributed by atoms with van der Waals surface area (Å²) in [5, 5.41) is 0.